The van der Waals surface area contributed by atoms with Crippen LogP contribution in [0.5, 0.6) is 0 Å². The van der Waals surface area contributed by atoms with Crippen molar-refractivity contribution in [3.05, 3.63) is 0 Å². The second-order valence-corrected chi connectivity index (χ2v) is 4.92. The Hall–Kier alpha value is -0.0800. The number of rotatable bonds is 12. The van der Waals surface area contributed by atoms with Crippen LogP contribution < -0.4 is 5.73 Å². The van der Waals surface area contributed by atoms with Crippen LogP contribution in [0.3, 0.4) is 0 Å². The molecule has 0 amide bonds. The van der Waals surface area contributed by atoms with E-state index < -0.39 is 0 Å². The Labute approximate surface area is 103 Å². The number of unbranched alkanes of at least 4 members (excludes halogenated alkanes) is 7. The summed E-state index contributed by atoms with van der Waals surface area (Å²) in [6.45, 7) is 5.50. The van der Waals surface area contributed by atoms with Crippen molar-refractivity contribution in [1.82, 2.24) is 4.90 Å². The molecule has 0 unspecified atom stereocenters. The highest BCUT2D eigenvalue weighted by molar-refractivity contribution is 4.53. The average molecular weight is 228 g/mol. The topological polar surface area (TPSA) is 29.3 Å². The molecule has 98 valence electrons. The summed E-state index contributed by atoms with van der Waals surface area (Å²) in [6, 6.07) is 0. The molecule has 0 radical (unpaired) electrons. The highest BCUT2D eigenvalue weighted by Crippen LogP contribution is 2.08. The summed E-state index contributed by atoms with van der Waals surface area (Å²) < 4.78 is 0. The molecular formula is C14H32N2. The molecule has 0 aromatic carbocycles. The summed E-state index contributed by atoms with van der Waals surface area (Å²) in [5.74, 6) is 0. The van der Waals surface area contributed by atoms with E-state index in [1.54, 1.807) is 0 Å². The van der Waals surface area contributed by atoms with Gasteiger partial charge < -0.3 is 10.6 Å². The third kappa shape index (κ3) is 12.0. The second kappa shape index (κ2) is 13.0. The Bertz CT molecular complexity index is 126. The standard InChI is InChI=1S/C14H32N2/c1-3-4-5-6-7-8-9-10-13-16(2)14-11-12-15/h3-15H2,1-2H3. The predicted octanol–water partition coefficient (Wildman–Crippen LogP) is 3.41. The molecule has 0 aromatic heterocycles. The molecular weight excluding hydrogens is 196 g/mol. The third-order valence-corrected chi connectivity index (χ3v) is 3.14. The highest BCUT2D eigenvalue weighted by Gasteiger charge is 1.97. The Kier molecular flexibility index (Phi) is 12.9. The Morgan fingerprint density at radius 3 is 1.81 bits per heavy atom. The molecule has 0 atom stereocenters. The van der Waals surface area contributed by atoms with Crippen molar-refractivity contribution >= 4 is 0 Å². The first kappa shape index (κ1) is 15.9. The van der Waals surface area contributed by atoms with Gasteiger partial charge in [0, 0.05) is 0 Å². The first-order valence-corrected chi connectivity index (χ1v) is 7.20. The zero-order chi connectivity index (χ0) is 12.1. The van der Waals surface area contributed by atoms with Gasteiger partial charge in [-0.1, -0.05) is 51.9 Å². The smallest absolute Gasteiger partial charge is 0.000977 e. The maximum Gasteiger partial charge on any atom is -0.000977 e. The summed E-state index contributed by atoms with van der Waals surface area (Å²) in [5.41, 5.74) is 5.48. The normalized spacial score (nSPS) is 11.2. The van der Waals surface area contributed by atoms with Crippen LogP contribution in [0.4, 0.5) is 0 Å². The number of nitrogens with zero attached hydrogens (tertiary/aromatic N) is 1. The molecule has 0 fully saturated rings. The van der Waals surface area contributed by atoms with E-state index in [1.165, 1.54) is 57.9 Å². The quantitative estimate of drug-likeness (QED) is 0.519. The van der Waals surface area contributed by atoms with Gasteiger partial charge in [-0.2, -0.15) is 0 Å². The van der Waals surface area contributed by atoms with Crippen molar-refractivity contribution < 1.29 is 0 Å². The molecule has 0 spiro atoms. The van der Waals surface area contributed by atoms with E-state index in [0.29, 0.717) is 0 Å². The maximum atomic E-state index is 5.48. The third-order valence-electron chi connectivity index (χ3n) is 3.14. The molecule has 0 aliphatic carbocycles. The van der Waals surface area contributed by atoms with Crippen LogP contribution in [-0.4, -0.2) is 31.6 Å². The van der Waals surface area contributed by atoms with Crippen LogP contribution in [0.2, 0.25) is 0 Å². The van der Waals surface area contributed by atoms with Crippen molar-refractivity contribution in [2.24, 2.45) is 5.73 Å². The first-order chi connectivity index (χ1) is 7.81. The minimum Gasteiger partial charge on any atom is -0.330 e. The van der Waals surface area contributed by atoms with E-state index in [9.17, 15) is 0 Å². The average Bonchev–Trinajstić information content (AvgIpc) is 2.30. The summed E-state index contributed by atoms with van der Waals surface area (Å²) >= 11 is 0. The molecule has 0 aromatic rings. The van der Waals surface area contributed by atoms with Gasteiger partial charge in [0.25, 0.3) is 0 Å². The highest BCUT2D eigenvalue weighted by atomic mass is 15.1. The van der Waals surface area contributed by atoms with E-state index in [4.69, 9.17) is 5.73 Å². The molecule has 0 saturated carbocycles. The molecule has 0 aliphatic rings. The summed E-state index contributed by atoms with van der Waals surface area (Å²) in [6.07, 6.45) is 12.4. The van der Waals surface area contributed by atoms with Crippen molar-refractivity contribution in [2.75, 3.05) is 26.7 Å². The molecule has 0 saturated heterocycles. The van der Waals surface area contributed by atoms with Gasteiger partial charge in [-0.25, -0.2) is 0 Å². The van der Waals surface area contributed by atoms with Gasteiger partial charge in [-0.05, 0) is 39.5 Å². The van der Waals surface area contributed by atoms with E-state index in [-0.39, 0.29) is 0 Å². The number of hydrogen-bond acceptors (Lipinski definition) is 2. The van der Waals surface area contributed by atoms with Gasteiger partial charge in [0.05, 0.1) is 0 Å². The largest absolute Gasteiger partial charge is 0.330 e. The summed E-state index contributed by atoms with van der Waals surface area (Å²) in [5, 5.41) is 0. The van der Waals surface area contributed by atoms with Crippen LogP contribution in [0.25, 0.3) is 0 Å². The molecule has 0 aliphatic heterocycles. The lowest BCUT2D eigenvalue weighted by atomic mass is 10.1. The predicted molar refractivity (Wildman–Crippen MR) is 73.8 cm³/mol. The molecule has 16 heavy (non-hydrogen) atoms. The van der Waals surface area contributed by atoms with Crippen molar-refractivity contribution in [3.63, 3.8) is 0 Å². The molecule has 2 heteroatoms. The molecule has 2 N–H and O–H groups in total. The van der Waals surface area contributed by atoms with E-state index in [2.05, 4.69) is 18.9 Å². The van der Waals surface area contributed by atoms with Gasteiger partial charge in [0.15, 0.2) is 0 Å². The maximum absolute atomic E-state index is 5.48. The fraction of sp³-hybridized carbons (Fsp3) is 1.00. The molecule has 0 bridgehead atoms. The van der Waals surface area contributed by atoms with E-state index in [1.807, 2.05) is 0 Å². The Morgan fingerprint density at radius 1 is 0.750 bits per heavy atom. The first-order valence-electron chi connectivity index (χ1n) is 7.20. The fourth-order valence-electron chi connectivity index (χ4n) is 1.99. The molecule has 0 rings (SSSR count). The lowest BCUT2D eigenvalue weighted by Crippen LogP contribution is -2.22. The zero-order valence-corrected chi connectivity index (χ0v) is 11.5. The van der Waals surface area contributed by atoms with Crippen LogP contribution in [0.1, 0.15) is 64.7 Å². The Balaban J connectivity index is 3.02. The summed E-state index contributed by atoms with van der Waals surface area (Å²) in [7, 11) is 2.21. The summed E-state index contributed by atoms with van der Waals surface area (Å²) in [4.78, 5) is 2.41. The SMILES string of the molecule is CCCCCCCCCCN(C)CCCN. The van der Waals surface area contributed by atoms with E-state index >= 15 is 0 Å². The van der Waals surface area contributed by atoms with Gasteiger partial charge >= 0.3 is 0 Å². The minimum absolute atomic E-state index is 0.821. The van der Waals surface area contributed by atoms with Gasteiger partial charge in [0.1, 0.15) is 0 Å². The van der Waals surface area contributed by atoms with Crippen molar-refractivity contribution in [1.29, 1.82) is 0 Å². The fourth-order valence-corrected chi connectivity index (χ4v) is 1.99. The van der Waals surface area contributed by atoms with Gasteiger partial charge in [-0.3, -0.25) is 0 Å². The van der Waals surface area contributed by atoms with E-state index in [0.717, 1.165) is 19.5 Å². The van der Waals surface area contributed by atoms with Crippen LogP contribution >= 0.6 is 0 Å². The van der Waals surface area contributed by atoms with Crippen LogP contribution in [0, 0.1) is 0 Å². The second-order valence-electron chi connectivity index (χ2n) is 4.92. The lowest BCUT2D eigenvalue weighted by molar-refractivity contribution is 0.321. The minimum atomic E-state index is 0.821. The Morgan fingerprint density at radius 2 is 1.25 bits per heavy atom. The number of hydrogen-bond donors (Lipinski definition) is 1. The van der Waals surface area contributed by atoms with Crippen molar-refractivity contribution in [3.8, 4) is 0 Å². The van der Waals surface area contributed by atoms with Gasteiger partial charge in [0.2, 0.25) is 0 Å². The molecule has 0 heterocycles. The zero-order valence-electron chi connectivity index (χ0n) is 11.5. The van der Waals surface area contributed by atoms with Crippen LogP contribution in [0.15, 0.2) is 0 Å². The lowest BCUT2D eigenvalue weighted by Gasteiger charge is -2.15. The van der Waals surface area contributed by atoms with Crippen molar-refractivity contribution in [2.45, 2.75) is 64.7 Å². The van der Waals surface area contributed by atoms with Crippen LogP contribution in [-0.2, 0) is 0 Å². The van der Waals surface area contributed by atoms with Gasteiger partial charge in [-0.15, -0.1) is 0 Å². The monoisotopic (exact) mass is 228 g/mol. The number of nitrogens with two attached hydrogens (primary N) is 1. The molecule has 2 nitrogen and oxygen atoms in total.